The SMILES string of the molecule is Cc1ccc(S(=O)(=O)N[C@H](Cc2ccccc2)C(=O)Nc2ccc([C@@H]3O[C@H](CSc4ncn[nH]4)C[C@H](c4ccc(CO)cc4)O3)cc2)cc1. The molecule has 4 aromatic carbocycles. The number of aromatic amines is 1. The van der Waals surface area contributed by atoms with Gasteiger partial charge in [-0.25, -0.2) is 13.4 Å². The predicted octanol–water partition coefficient (Wildman–Crippen LogP) is 5.47. The molecule has 0 unspecified atom stereocenters. The molecule has 6 rings (SSSR count). The molecule has 5 aromatic rings. The van der Waals surface area contributed by atoms with Crippen LogP contribution in [0.5, 0.6) is 0 Å². The number of hydrogen-bond donors (Lipinski definition) is 4. The van der Waals surface area contributed by atoms with Crippen LogP contribution in [-0.2, 0) is 37.3 Å². The van der Waals surface area contributed by atoms with Gasteiger partial charge < -0.3 is 19.9 Å². The number of nitrogens with zero attached hydrogens (tertiary/aromatic N) is 2. The number of carbonyl (C=O) groups is 1. The third kappa shape index (κ3) is 9.21. The minimum absolute atomic E-state index is 0.0392. The van der Waals surface area contributed by atoms with E-state index in [1.165, 1.54) is 30.2 Å². The van der Waals surface area contributed by atoms with Gasteiger partial charge >= 0.3 is 0 Å². The number of ether oxygens (including phenoxy) is 2. The summed E-state index contributed by atoms with van der Waals surface area (Å²) in [5.74, 6) is 0.128. The summed E-state index contributed by atoms with van der Waals surface area (Å²) in [6.45, 7) is 1.84. The zero-order valence-electron chi connectivity index (χ0n) is 26.7. The Morgan fingerprint density at radius 2 is 1.65 bits per heavy atom. The van der Waals surface area contributed by atoms with Crippen molar-refractivity contribution in [3.63, 3.8) is 0 Å². The van der Waals surface area contributed by atoms with Crippen LogP contribution in [0.3, 0.4) is 0 Å². The molecular weight excluding hydrogens is 663 g/mol. The third-order valence-corrected chi connectivity index (χ3v) is 10.6. The van der Waals surface area contributed by atoms with Crippen LogP contribution in [0.15, 0.2) is 120 Å². The largest absolute Gasteiger partial charge is 0.392 e. The number of sulfonamides is 1. The van der Waals surface area contributed by atoms with Gasteiger partial charge in [-0.05, 0) is 54.3 Å². The molecule has 1 aliphatic rings. The van der Waals surface area contributed by atoms with Crippen molar-refractivity contribution in [1.82, 2.24) is 19.9 Å². The van der Waals surface area contributed by atoms with Gasteiger partial charge in [0, 0.05) is 23.4 Å². The maximum absolute atomic E-state index is 13.6. The molecule has 254 valence electrons. The average Bonchev–Trinajstić information content (AvgIpc) is 3.65. The van der Waals surface area contributed by atoms with Gasteiger partial charge in [0.1, 0.15) is 12.4 Å². The van der Waals surface area contributed by atoms with Crippen LogP contribution < -0.4 is 10.0 Å². The number of anilines is 1. The van der Waals surface area contributed by atoms with E-state index < -0.39 is 28.3 Å². The van der Waals surface area contributed by atoms with E-state index in [0.29, 0.717) is 23.0 Å². The highest BCUT2D eigenvalue weighted by Crippen LogP contribution is 2.39. The molecule has 1 aromatic heterocycles. The van der Waals surface area contributed by atoms with Crippen molar-refractivity contribution < 1.29 is 27.8 Å². The van der Waals surface area contributed by atoms with Gasteiger partial charge in [-0.3, -0.25) is 9.89 Å². The maximum Gasteiger partial charge on any atom is 0.242 e. The van der Waals surface area contributed by atoms with E-state index >= 15 is 0 Å². The molecule has 0 spiro atoms. The quantitative estimate of drug-likeness (QED) is 0.117. The summed E-state index contributed by atoms with van der Waals surface area (Å²) in [5.41, 5.74) is 4.78. The molecule has 1 aliphatic heterocycles. The second-order valence-corrected chi connectivity index (χ2v) is 14.5. The number of amides is 1. The van der Waals surface area contributed by atoms with E-state index in [0.717, 1.165) is 27.8 Å². The fraction of sp³-hybridized carbons (Fsp3) is 0.250. The van der Waals surface area contributed by atoms with E-state index in [2.05, 4.69) is 25.2 Å². The van der Waals surface area contributed by atoms with Gasteiger partial charge in [-0.1, -0.05) is 96.2 Å². The first kappa shape index (κ1) is 34.5. The monoisotopic (exact) mass is 699 g/mol. The number of hydrogen-bond acceptors (Lipinski definition) is 9. The molecule has 0 bridgehead atoms. The zero-order chi connectivity index (χ0) is 34.2. The van der Waals surface area contributed by atoms with Crippen LogP contribution in [0.2, 0.25) is 0 Å². The Hall–Kier alpha value is -4.37. The fourth-order valence-corrected chi connectivity index (χ4v) is 7.41. The molecule has 0 radical (unpaired) electrons. The molecule has 49 heavy (non-hydrogen) atoms. The van der Waals surface area contributed by atoms with Gasteiger partial charge in [0.15, 0.2) is 11.4 Å². The van der Waals surface area contributed by atoms with Crippen molar-refractivity contribution in [2.45, 2.75) is 61.0 Å². The average molecular weight is 700 g/mol. The standard InChI is InChI=1S/C36H37N5O6S2/c1-24-7-17-31(18-8-24)49(44,45)41-32(19-25-5-3-2-4-6-25)34(43)39-29-15-13-28(14-16-29)35-46-30(22-48-36-37-23-38-40-36)20-33(47-35)27-11-9-26(21-42)10-12-27/h2-18,23,30,32-33,35,41-42H,19-22H2,1H3,(H,39,43)(H,37,38,40)/t30-,32+,33+,35+/m0/s1. The van der Waals surface area contributed by atoms with Crippen molar-refractivity contribution in [2.75, 3.05) is 11.1 Å². The van der Waals surface area contributed by atoms with Gasteiger partial charge in [0.25, 0.3) is 0 Å². The van der Waals surface area contributed by atoms with Crippen LogP contribution in [0.25, 0.3) is 0 Å². The summed E-state index contributed by atoms with van der Waals surface area (Å²) in [4.78, 5) is 17.9. The lowest BCUT2D eigenvalue weighted by Crippen LogP contribution is -2.45. The molecule has 13 heteroatoms. The lowest BCUT2D eigenvalue weighted by Gasteiger charge is -2.36. The van der Waals surface area contributed by atoms with Crippen molar-refractivity contribution >= 4 is 33.4 Å². The summed E-state index contributed by atoms with van der Waals surface area (Å²) in [6, 6.07) is 29.5. The third-order valence-electron chi connectivity index (χ3n) is 8.09. The highest BCUT2D eigenvalue weighted by Gasteiger charge is 2.33. The number of aryl methyl sites for hydroxylation is 1. The smallest absolute Gasteiger partial charge is 0.242 e. The van der Waals surface area contributed by atoms with Gasteiger partial charge in [0.2, 0.25) is 15.9 Å². The second-order valence-electron chi connectivity index (χ2n) is 11.7. The Morgan fingerprint density at radius 1 is 0.939 bits per heavy atom. The van der Waals surface area contributed by atoms with Crippen LogP contribution >= 0.6 is 11.8 Å². The summed E-state index contributed by atoms with van der Waals surface area (Å²) in [7, 11) is -3.98. The number of carbonyl (C=O) groups excluding carboxylic acids is 1. The Morgan fingerprint density at radius 3 is 2.33 bits per heavy atom. The van der Waals surface area contributed by atoms with Crippen LogP contribution in [0.1, 0.15) is 46.6 Å². The zero-order valence-corrected chi connectivity index (χ0v) is 28.4. The van der Waals surface area contributed by atoms with Crippen LogP contribution in [-0.4, -0.2) is 52.5 Å². The number of benzene rings is 4. The molecule has 2 heterocycles. The van der Waals surface area contributed by atoms with Gasteiger partial charge in [-0.15, -0.1) is 0 Å². The number of rotatable bonds is 13. The molecule has 0 aliphatic carbocycles. The van der Waals surface area contributed by atoms with E-state index in [4.69, 9.17) is 9.47 Å². The molecule has 1 saturated heterocycles. The topological polar surface area (TPSA) is 156 Å². The lowest BCUT2D eigenvalue weighted by atomic mass is 10.0. The second kappa shape index (κ2) is 15.9. The lowest BCUT2D eigenvalue weighted by molar-refractivity contribution is -0.245. The minimum Gasteiger partial charge on any atom is -0.392 e. The van der Waals surface area contributed by atoms with E-state index in [1.807, 2.05) is 73.7 Å². The number of thioether (sulfide) groups is 1. The Balaban J connectivity index is 1.17. The molecular formula is C36H37N5O6S2. The molecule has 11 nitrogen and oxygen atoms in total. The van der Waals surface area contributed by atoms with E-state index in [1.54, 1.807) is 24.3 Å². The highest BCUT2D eigenvalue weighted by molar-refractivity contribution is 7.99. The first-order valence-corrected chi connectivity index (χ1v) is 18.2. The Bertz CT molecular complexity index is 1910. The van der Waals surface area contributed by atoms with E-state index in [-0.39, 0.29) is 30.1 Å². The van der Waals surface area contributed by atoms with Crippen molar-refractivity contribution in [1.29, 1.82) is 0 Å². The van der Waals surface area contributed by atoms with Gasteiger partial charge in [-0.2, -0.15) is 9.82 Å². The van der Waals surface area contributed by atoms with Crippen LogP contribution in [0, 0.1) is 6.92 Å². The summed E-state index contributed by atoms with van der Waals surface area (Å²) >= 11 is 1.51. The number of aromatic nitrogens is 3. The fourth-order valence-electron chi connectivity index (χ4n) is 5.42. The molecule has 1 amide bonds. The summed E-state index contributed by atoms with van der Waals surface area (Å²) < 4.78 is 42.0. The van der Waals surface area contributed by atoms with E-state index in [9.17, 15) is 18.3 Å². The predicted molar refractivity (Wildman–Crippen MR) is 186 cm³/mol. The Kier molecular flexibility index (Phi) is 11.2. The molecule has 1 fully saturated rings. The molecule has 4 N–H and O–H groups in total. The highest BCUT2D eigenvalue weighted by atomic mass is 32.2. The number of aliphatic hydroxyl groups excluding tert-OH is 1. The normalized spacial score (nSPS) is 18.5. The summed E-state index contributed by atoms with van der Waals surface area (Å²) in [5, 5.41) is 19.8. The van der Waals surface area contributed by atoms with Crippen molar-refractivity contribution in [2.24, 2.45) is 0 Å². The van der Waals surface area contributed by atoms with Crippen LogP contribution in [0.4, 0.5) is 5.69 Å². The van der Waals surface area contributed by atoms with Crippen molar-refractivity contribution in [3.8, 4) is 0 Å². The maximum atomic E-state index is 13.6. The number of aliphatic hydroxyl groups is 1. The van der Waals surface area contributed by atoms with Gasteiger partial charge in [0.05, 0.1) is 23.7 Å². The number of H-pyrrole nitrogens is 1. The molecule has 4 atom stereocenters. The molecule has 0 saturated carbocycles. The van der Waals surface area contributed by atoms with Crippen molar-refractivity contribution in [3.05, 3.63) is 137 Å². The Labute approximate surface area is 289 Å². The number of nitrogens with one attached hydrogen (secondary N) is 3. The summed E-state index contributed by atoms with van der Waals surface area (Å²) in [6.07, 6.45) is 1.13. The minimum atomic E-state index is -3.98. The first-order chi connectivity index (χ1) is 23.8. The first-order valence-electron chi connectivity index (χ1n) is 15.8.